The van der Waals surface area contributed by atoms with Gasteiger partial charge in [-0.1, -0.05) is 25.5 Å². The Morgan fingerprint density at radius 3 is 2.65 bits per heavy atom. The molecule has 8 heteroatoms. The highest BCUT2D eigenvalue weighted by molar-refractivity contribution is 6.03. The molecule has 0 spiro atoms. The second-order valence-corrected chi connectivity index (χ2v) is 9.07. The van der Waals surface area contributed by atoms with Gasteiger partial charge in [0.1, 0.15) is 5.78 Å². The Bertz CT molecular complexity index is 755. The first kappa shape index (κ1) is 23.6. The van der Waals surface area contributed by atoms with Gasteiger partial charge in [-0.3, -0.25) is 19.3 Å². The number of imide groups is 1. The number of Topliss-reactive ketones (excluding diaryl/α,β-unsaturated/α-hetero) is 1. The summed E-state index contributed by atoms with van der Waals surface area (Å²) in [5, 5.41) is 8.29. The van der Waals surface area contributed by atoms with E-state index in [4.69, 9.17) is 4.74 Å². The average Bonchev–Trinajstić information content (AvgIpc) is 3.32. The van der Waals surface area contributed by atoms with E-state index in [0.29, 0.717) is 44.9 Å². The molecule has 1 atom stereocenters. The third-order valence-corrected chi connectivity index (χ3v) is 6.53. The second kappa shape index (κ2) is 11.5. The minimum absolute atomic E-state index is 0.0382. The van der Waals surface area contributed by atoms with Crippen molar-refractivity contribution in [3.63, 3.8) is 0 Å². The standard InChI is InChI=1S/C23H36N4O4/c1-3-4-12-31-13-11-26-16-20(24-25-26)9-10-21(28)19-7-5-18(6-8-19)15-27-22(29)14-17(2)23(27)30/h16-19H,3-15H2,1-2H3. The molecule has 172 valence electrons. The van der Waals surface area contributed by atoms with Gasteiger partial charge in [-0.25, -0.2) is 4.68 Å². The van der Waals surface area contributed by atoms with Crippen LogP contribution in [0.4, 0.5) is 0 Å². The zero-order chi connectivity index (χ0) is 22.2. The van der Waals surface area contributed by atoms with Gasteiger partial charge in [-0.05, 0) is 38.0 Å². The van der Waals surface area contributed by atoms with Gasteiger partial charge in [0, 0.05) is 50.4 Å². The fourth-order valence-corrected chi connectivity index (χ4v) is 4.49. The highest BCUT2D eigenvalue weighted by Crippen LogP contribution is 2.32. The lowest BCUT2D eigenvalue weighted by molar-refractivity contribution is -0.140. The summed E-state index contributed by atoms with van der Waals surface area (Å²) in [7, 11) is 0. The molecule has 8 nitrogen and oxygen atoms in total. The van der Waals surface area contributed by atoms with Crippen molar-refractivity contribution in [3.05, 3.63) is 11.9 Å². The van der Waals surface area contributed by atoms with E-state index >= 15 is 0 Å². The van der Waals surface area contributed by atoms with Crippen molar-refractivity contribution >= 4 is 17.6 Å². The van der Waals surface area contributed by atoms with Crippen LogP contribution in [-0.2, 0) is 32.1 Å². The molecule has 1 aliphatic carbocycles. The van der Waals surface area contributed by atoms with E-state index in [1.54, 1.807) is 4.68 Å². The molecule has 0 radical (unpaired) electrons. The number of aryl methyl sites for hydroxylation is 1. The Morgan fingerprint density at radius 2 is 1.97 bits per heavy atom. The highest BCUT2D eigenvalue weighted by Gasteiger charge is 2.37. The van der Waals surface area contributed by atoms with Crippen molar-refractivity contribution in [3.8, 4) is 0 Å². The Balaban J connectivity index is 1.34. The number of carbonyl (C=O) groups excluding carboxylic acids is 3. The minimum Gasteiger partial charge on any atom is -0.380 e. The molecule has 3 rings (SSSR count). The first-order valence-electron chi connectivity index (χ1n) is 11.8. The van der Waals surface area contributed by atoms with Crippen LogP contribution < -0.4 is 0 Å². The van der Waals surface area contributed by atoms with Crippen LogP contribution >= 0.6 is 0 Å². The molecule has 1 aromatic rings. The molecular formula is C23H36N4O4. The molecule has 2 heterocycles. The molecule has 1 unspecified atom stereocenters. The van der Waals surface area contributed by atoms with E-state index in [1.807, 2.05) is 13.1 Å². The maximum atomic E-state index is 12.7. The van der Waals surface area contributed by atoms with Crippen LogP contribution in [0.5, 0.6) is 0 Å². The van der Waals surface area contributed by atoms with E-state index in [-0.39, 0.29) is 29.4 Å². The number of hydrogen-bond donors (Lipinski definition) is 0. The van der Waals surface area contributed by atoms with Crippen LogP contribution in [-0.4, -0.2) is 57.2 Å². The van der Waals surface area contributed by atoms with Crippen molar-refractivity contribution < 1.29 is 19.1 Å². The quantitative estimate of drug-likeness (QED) is 0.372. The summed E-state index contributed by atoms with van der Waals surface area (Å²) in [5.41, 5.74) is 0.843. The van der Waals surface area contributed by atoms with Gasteiger partial charge >= 0.3 is 0 Å². The zero-order valence-corrected chi connectivity index (χ0v) is 18.9. The molecule has 2 aliphatic rings. The van der Waals surface area contributed by atoms with E-state index in [0.717, 1.165) is 50.8 Å². The third-order valence-electron chi connectivity index (χ3n) is 6.53. The number of rotatable bonds is 12. The molecule has 1 saturated carbocycles. The van der Waals surface area contributed by atoms with Gasteiger partial charge in [-0.2, -0.15) is 0 Å². The Kier molecular flexibility index (Phi) is 8.75. The Labute approximate surface area is 184 Å². The van der Waals surface area contributed by atoms with Crippen LogP contribution in [0.1, 0.15) is 70.9 Å². The van der Waals surface area contributed by atoms with Crippen molar-refractivity contribution in [2.75, 3.05) is 19.8 Å². The maximum Gasteiger partial charge on any atom is 0.232 e. The van der Waals surface area contributed by atoms with Gasteiger partial charge < -0.3 is 4.74 Å². The lowest BCUT2D eigenvalue weighted by Crippen LogP contribution is -2.36. The normalized spacial score (nSPS) is 24.2. The number of hydrogen-bond acceptors (Lipinski definition) is 6. The molecule has 0 aromatic carbocycles. The minimum atomic E-state index is -0.183. The average molecular weight is 433 g/mol. The largest absolute Gasteiger partial charge is 0.380 e. The van der Waals surface area contributed by atoms with Crippen molar-refractivity contribution in [1.29, 1.82) is 0 Å². The first-order valence-corrected chi connectivity index (χ1v) is 11.8. The van der Waals surface area contributed by atoms with Gasteiger partial charge in [0.2, 0.25) is 11.8 Å². The summed E-state index contributed by atoms with van der Waals surface area (Å²) >= 11 is 0. The number of ether oxygens (including phenoxy) is 1. The van der Waals surface area contributed by atoms with Crippen LogP contribution in [0.25, 0.3) is 0 Å². The molecule has 1 aromatic heterocycles. The molecule has 2 fully saturated rings. The van der Waals surface area contributed by atoms with Crippen LogP contribution in [0, 0.1) is 17.8 Å². The predicted octanol–water partition coefficient (Wildman–Crippen LogP) is 2.80. The van der Waals surface area contributed by atoms with Crippen LogP contribution in [0.3, 0.4) is 0 Å². The highest BCUT2D eigenvalue weighted by atomic mass is 16.5. The molecule has 31 heavy (non-hydrogen) atoms. The number of aromatic nitrogens is 3. The maximum absolute atomic E-state index is 12.7. The number of nitrogens with zero attached hydrogens (tertiary/aromatic N) is 4. The van der Waals surface area contributed by atoms with Gasteiger partial charge in [0.05, 0.1) is 18.8 Å². The molecule has 1 aliphatic heterocycles. The van der Waals surface area contributed by atoms with Crippen molar-refractivity contribution in [2.24, 2.45) is 17.8 Å². The monoisotopic (exact) mass is 432 g/mol. The van der Waals surface area contributed by atoms with Gasteiger partial charge in [0.15, 0.2) is 0 Å². The smallest absolute Gasteiger partial charge is 0.232 e. The lowest BCUT2D eigenvalue weighted by atomic mass is 9.79. The van der Waals surface area contributed by atoms with Crippen LogP contribution in [0.15, 0.2) is 6.20 Å². The Hall–Kier alpha value is -2.09. The number of likely N-dealkylation sites (tertiary alicyclic amines) is 1. The van der Waals surface area contributed by atoms with Crippen LogP contribution in [0.2, 0.25) is 0 Å². The summed E-state index contributed by atoms with van der Waals surface area (Å²) in [6.45, 7) is 6.55. The SMILES string of the molecule is CCCCOCCn1cc(CCC(=O)C2CCC(CN3C(=O)CC(C)C3=O)CC2)nn1. The number of unbranched alkanes of at least 4 members (excludes halogenated alkanes) is 1. The molecule has 0 bridgehead atoms. The van der Waals surface area contributed by atoms with Gasteiger partial charge in [-0.15, -0.1) is 5.10 Å². The molecule has 1 saturated heterocycles. The topological polar surface area (TPSA) is 94.4 Å². The summed E-state index contributed by atoms with van der Waals surface area (Å²) < 4.78 is 7.33. The molecule has 0 N–H and O–H groups in total. The lowest BCUT2D eigenvalue weighted by Gasteiger charge is -2.30. The number of carbonyl (C=O) groups is 3. The summed E-state index contributed by atoms with van der Waals surface area (Å²) in [6.07, 6.45) is 9.02. The molecular weight excluding hydrogens is 396 g/mol. The number of ketones is 1. The zero-order valence-electron chi connectivity index (χ0n) is 18.9. The molecule has 2 amide bonds. The second-order valence-electron chi connectivity index (χ2n) is 9.07. The summed E-state index contributed by atoms with van der Waals surface area (Å²) in [5.74, 6) is 0.429. The van der Waals surface area contributed by atoms with E-state index < -0.39 is 0 Å². The fraction of sp³-hybridized carbons (Fsp3) is 0.783. The van der Waals surface area contributed by atoms with Crippen molar-refractivity contribution in [1.82, 2.24) is 19.9 Å². The fourth-order valence-electron chi connectivity index (χ4n) is 4.49. The predicted molar refractivity (Wildman–Crippen MR) is 115 cm³/mol. The third kappa shape index (κ3) is 6.69. The number of amides is 2. The summed E-state index contributed by atoms with van der Waals surface area (Å²) in [4.78, 5) is 38.2. The van der Waals surface area contributed by atoms with Gasteiger partial charge in [0.25, 0.3) is 0 Å². The Morgan fingerprint density at radius 1 is 1.19 bits per heavy atom. The van der Waals surface area contributed by atoms with E-state index in [1.165, 1.54) is 4.90 Å². The van der Waals surface area contributed by atoms with E-state index in [2.05, 4.69) is 17.2 Å². The summed E-state index contributed by atoms with van der Waals surface area (Å²) in [6, 6.07) is 0. The van der Waals surface area contributed by atoms with E-state index in [9.17, 15) is 14.4 Å². The first-order chi connectivity index (χ1) is 15.0. The van der Waals surface area contributed by atoms with Crippen molar-refractivity contribution in [2.45, 2.75) is 78.2 Å².